The third-order valence-electron chi connectivity index (χ3n) is 6.26. The fraction of sp³-hybridized carbons (Fsp3) is 0.462. The molecule has 2 atom stereocenters. The highest BCUT2D eigenvalue weighted by molar-refractivity contribution is 5.79. The Morgan fingerprint density at radius 3 is 2.75 bits per heavy atom. The van der Waals surface area contributed by atoms with E-state index < -0.39 is 0 Å². The molecule has 2 nitrogen and oxygen atoms in total. The van der Waals surface area contributed by atoms with E-state index >= 15 is 0 Å². The number of terminal acetylenes is 1. The van der Waals surface area contributed by atoms with Crippen molar-refractivity contribution in [2.75, 3.05) is 6.54 Å². The topological polar surface area (TPSA) is 20.3 Å². The first-order valence-corrected chi connectivity index (χ1v) is 10.3. The van der Waals surface area contributed by atoms with Crippen LogP contribution in [0.4, 0.5) is 0 Å². The molecule has 0 saturated carbocycles. The first-order chi connectivity index (χ1) is 13.4. The molecule has 2 unspecified atom stereocenters. The summed E-state index contributed by atoms with van der Waals surface area (Å²) in [6, 6.07) is 8.53. The summed E-state index contributed by atoms with van der Waals surface area (Å²) in [4.78, 5) is 14.6. The molecule has 1 aromatic carbocycles. The molecule has 28 heavy (non-hydrogen) atoms. The Morgan fingerprint density at radius 2 is 2.07 bits per heavy atom. The van der Waals surface area contributed by atoms with Gasteiger partial charge in [0, 0.05) is 41.8 Å². The van der Waals surface area contributed by atoms with Gasteiger partial charge in [0.15, 0.2) is 0 Å². The smallest absolute Gasteiger partial charge is 0.225 e. The van der Waals surface area contributed by atoms with Crippen molar-refractivity contribution in [3.63, 3.8) is 0 Å². The second-order valence-corrected chi connectivity index (χ2v) is 9.08. The average molecular weight is 371 g/mol. The Kier molecular flexibility index (Phi) is 4.84. The van der Waals surface area contributed by atoms with E-state index in [2.05, 4.69) is 55.4 Å². The van der Waals surface area contributed by atoms with Crippen molar-refractivity contribution >= 4 is 5.91 Å². The summed E-state index contributed by atoms with van der Waals surface area (Å²) in [5.74, 6) is 10.2. The van der Waals surface area contributed by atoms with E-state index in [1.807, 2.05) is 18.7 Å². The maximum absolute atomic E-state index is 12.6. The van der Waals surface area contributed by atoms with Crippen LogP contribution in [-0.2, 0) is 11.2 Å². The molecule has 1 saturated heterocycles. The van der Waals surface area contributed by atoms with Gasteiger partial charge in [-0.15, -0.1) is 12.3 Å². The lowest BCUT2D eigenvalue weighted by Crippen LogP contribution is -2.41. The number of carbonyl (C=O) groups is 1. The first-order valence-electron chi connectivity index (χ1n) is 10.3. The van der Waals surface area contributed by atoms with Crippen LogP contribution in [0.1, 0.15) is 51.2 Å². The molecule has 1 aromatic rings. The first kappa shape index (κ1) is 18.9. The molecule has 143 valence electrons. The second-order valence-electron chi connectivity index (χ2n) is 9.08. The lowest BCUT2D eigenvalue weighted by molar-refractivity contribution is -0.135. The van der Waals surface area contributed by atoms with E-state index in [-0.39, 0.29) is 29.2 Å². The number of allylic oxidation sites excluding steroid dienone is 2. The molecule has 1 heterocycles. The SMILES string of the molecule is C#CC1CCN(C(=O)C(C)C)C1Cc1cccc(C#CC2(C)CC3=C([CH]3)C2)c1. The zero-order valence-corrected chi connectivity index (χ0v) is 17.1. The summed E-state index contributed by atoms with van der Waals surface area (Å²) < 4.78 is 0. The Balaban J connectivity index is 1.49. The zero-order chi connectivity index (χ0) is 19.9. The van der Waals surface area contributed by atoms with Crippen LogP contribution in [-0.4, -0.2) is 23.4 Å². The van der Waals surface area contributed by atoms with Crippen LogP contribution in [0.25, 0.3) is 0 Å². The van der Waals surface area contributed by atoms with Gasteiger partial charge in [-0.3, -0.25) is 4.79 Å². The fourth-order valence-corrected chi connectivity index (χ4v) is 4.64. The molecule has 1 aliphatic heterocycles. The molecular formula is C26H28NO. The van der Waals surface area contributed by atoms with Crippen LogP contribution >= 0.6 is 0 Å². The third-order valence-corrected chi connectivity index (χ3v) is 6.26. The lowest BCUT2D eigenvalue weighted by atomic mass is 9.84. The monoisotopic (exact) mass is 370 g/mol. The van der Waals surface area contributed by atoms with E-state index in [0.717, 1.165) is 37.8 Å². The van der Waals surface area contributed by atoms with Gasteiger partial charge in [0.25, 0.3) is 0 Å². The summed E-state index contributed by atoms with van der Waals surface area (Å²) in [7, 11) is 0. The molecule has 3 aliphatic rings. The minimum absolute atomic E-state index is 0.00239. The van der Waals surface area contributed by atoms with E-state index in [1.54, 1.807) is 0 Å². The van der Waals surface area contributed by atoms with Crippen molar-refractivity contribution in [2.45, 2.75) is 52.5 Å². The standard InChI is InChI=1S/C26H28NO/c1-5-21-10-12-27(25(28)18(2)3)24(21)14-20-8-6-7-19(13-20)9-11-26(4)16-22-15-23(22)17-26/h1,6-8,13,15,18,21,24H,10,12,14,16-17H2,2-4H3. The molecule has 2 aliphatic carbocycles. The van der Waals surface area contributed by atoms with E-state index in [0.29, 0.717) is 0 Å². The molecule has 0 aromatic heterocycles. The highest BCUT2D eigenvalue weighted by Gasteiger charge is 2.41. The quantitative estimate of drug-likeness (QED) is 0.722. The molecular weight excluding hydrogens is 342 g/mol. The van der Waals surface area contributed by atoms with E-state index in [4.69, 9.17) is 6.42 Å². The second kappa shape index (κ2) is 7.18. The predicted octanol–water partition coefficient (Wildman–Crippen LogP) is 4.40. The van der Waals surface area contributed by atoms with Gasteiger partial charge in [0.1, 0.15) is 0 Å². The third kappa shape index (κ3) is 3.74. The lowest BCUT2D eigenvalue weighted by Gasteiger charge is -2.28. The number of amides is 1. The van der Waals surface area contributed by atoms with Gasteiger partial charge in [0.05, 0.1) is 0 Å². The fourth-order valence-electron chi connectivity index (χ4n) is 4.64. The van der Waals surface area contributed by atoms with Crippen LogP contribution in [0.2, 0.25) is 0 Å². The number of hydrogen-bond donors (Lipinski definition) is 0. The van der Waals surface area contributed by atoms with Gasteiger partial charge in [-0.05, 0) is 50.3 Å². The summed E-state index contributed by atoms with van der Waals surface area (Å²) in [6.07, 6.45) is 11.9. The number of hydrogen-bond acceptors (Lipinski definition) is 1. The minimum atomic E-state index is 0.00239. The van der Waals surface area contributed by atoms with Gasteiger partial charge >= 0.3 is 0 Å². The summed E-state index contributed by atoms with van der Waals surface area (Å²) >= 11 is 0. The van der Waals surface area contributed by atoms with Gasteiger partial charge < -0.3 is 4.90 Å². The van der Waals surface area contributed by atoms with Crippen LogP contribution in [0, 0.1) is 47.9 Å². The van der Waals surface area contributed by atoms with Crippen LogP contribution in [0.15, 0.2) is 35.4 Å². The van der Waals surface area contributed by atoms with Crippen LogP contribution in [0.3, 0.4) is 0 Å². The average Bonchev–Trinajstić information content (AvgIpc) is 3.11. The van der Waals surface area contributed by atoms with E-state index in [9.17, 15) is 4.79 Å². The van der Waals surface area contributed by atoms with Crippen molar-refractivity contribution in [1.29, 1.82) is 0 Å². The Morgan fingerprint density at radius 1 is 1.32 bits per heavy atom. The summed E-state index contributed by atoms with van der Waals surface area (Å²) in [5, 5.41) is 0. The highest BCUT2D eigenvalue weighted by atomic mass is 16.2. The molecule has 1 amide bonds. The van der Waals surface area contributed by atoms with Crippen molar-refractivity contribution in [3.8, 4) is 24.2 Å². The maximum Gasteiger partial charge on any atom is 0.225 e. The maximum atomic E-state index is 12.6. The van der Waals surface area contributed by atoms with Gasteiger partial charge in [-0.25, -0.2) is 0 Å². The predicted molar refractivity (Wildman–Crippen MR) is 113 cm³/mol. The van der Waals surface area contributed by atoms with Crippen molar-refractivity contribution in [2.24, 2.45) is 17.3 Å². The van der Waals surface area contributed by atoms with Crippen molar-refractivity contribution in [3.05, 3.63) is 53.0 Å². The number of benzene rings is 1. The number of rotatable bonds is 3. The van der Waals surface area contributed by atoms with Gasteiger partial charge in [-0.1, -0.05) is 49.0 Å². The summed E-state index contributed by atoms with van der Waals surface area (Å²) in [5.41, 5.74) is 5.38. The van der Waals surface area contributed by atoms with Crippen LogP contribution in [0.5, 0.6) is 0 Å². The Hall–Kier alpha value is -2.45. The summed E-state index contributed by atoms with van der Waals surface area (Å²) in [6.45, 7) is 6.94. The molecule has 1 fully saturated rings. The van der Waals surface area contributed by atoms with Crippen molar-refractivity contribution in [1.82, 2.24) is 4.90 Å². The molecule has 2 heteroatoms. The molecule has 0 N–H and O–H groups in total. The van der Waals surface area contributed by atoms with Crippen LogP contribution < -0.4 is 0 Å². The minimum Gasteiger partial charge on any atom is -0.338 e. The number of nitrogens with zero attached hydrogens (tertiary/aromatic N) is 1. The molecule has 0 spiro atoms. The van der Waals surface area contributed by atoms with Crippen molar-refractivity contribution < 1.29 is 4.79 Å². The Labute approximate surface area is 169 Å². The molecule has 1 radical (unpaired) electrons. The number of carbonyl (C=O) groups excluding carboxylic acids is 1. The zero-order valence-electron chi connectivity index (χ0n) is 17.1. The largest absolute Gasteiger partial charge is 0.338 e. The Bertz CT molecular complexity index is 919. The number of likely N-dealkylation sites (tertiary alicyclic amines) is 1. The molecule has 0 bridgehead atoms. The van der Waals surface area contributed by atoms with Gasteiger partial charge in [0.2, 0.25) is 5.91 Å². The molecule has 4 rings (SSSR count). The normalized spacial score (nSPS) is 24.6. The van der Waals surface area contributed by atoms with E-state index in [1.165, 1.54) is 16.7 Å². The van der Waals surface area contributed by atoms with Gasteiger partial charge in [-0.2, -0.15) is 0 Å². The highest BCUT2D eigenvalue weighted by Crippen LogP contribution is 2.53.